The number of nitrogens with one attached hydrogen (secondary N) is 1. The third-order valence-electron chi connectivity index (χ3n) is 8.10. The highest BCUT2D eigenvalue weighted by molar-refractivity contribution is 5.90. The van der Waals surface area contributed by atoms with Crippen LogP contribution in [0.3, 0.4) is 0 Å². The molecule has 2 aromatic heterocycles. The minimum Gasteiger partial charge on any atom is -0.481 e. The minimum absolute atomic E-state index is 0.0369. The summed E-state index contributed by atoms with van der Waals surface area (Å²) in [6, 6.07) is 11.6. The van der Waals surface area contributed by atoms with Crippen molar-refractivity contribution in [1.82, 2.24) is 14.9 Å². The van der Waals surface area contributed by atoms with E-state index in [0.717, 1.165) is 28.0 Å². The molecular weight excluding hydrogens is 506 g/mol. The maximum Gasteiger partial charge on any atom is 0.226 e. The van der Waals surface area contributed by atoms with E-state index in [1.54, 1.807) is 19.4 Å². The van der Waals surface area contributed by atoms with E-state index in [0.29, 0.717) is 50.3 Å². The van der Waals surface area contributed by atoms with Gasteiger partial charge in [-0.1, -0.05) is 32.9 Å². The van der Waals surface area contributed by atoms with Crippen molar-refractivity contribution in [2.75, 3.05) is 32.7 Å². The van der Waals surface area contributed by atoms with E-state index in [1.807, 2.05) is 42.3 Å². The molecule has 40 heavy (non-hydrogen) atoms. The second-order valence-corrected chi connectivity index (χ2v) is 12.2. The molecule has 5 rings (SSSR count). The van der Waals surface area contributed by atoms with Crippen molar-refractivity contribution in [2.24, 2.45) is 17.1 Å². The molecule has 0 bridgehead atoms. The topological polar surface area (TPSA) is 120 Å². The molecule has 3 heterocycles. The van der Waals surface area contributed by atoms with E-state index < -0.39 is 5.54 Å². The number of rotatable bonds is 7. The molecule has 3 aromatic rings. The number of carbonyl (C=O) groups excluding carboxylic acids is 2. The van der Waals surface area contributed by atoms with Crippen LogP contribution in [0.15, 0.2) is 42.6 Å². The predicted octanol–water partition coefficient (Wildman–Crippen LogP) is 4.87. The Morgan fingerprint density at radius 1 is 1.23 bits per heavy atom. The number of methoxy groups -OCH3 is 1. The molecule has 1 saturated heterocycles. The third-order valence-corrected chi connectivity index (χ3v) is 8.10. The summed E-state index contributed by atoms with van der Waals surface area (Å²) < 4.78 is 11.1. The SMILES string of the molecule is COc1ccc2ncc(Nc3ccc([C@H](N(C)C(=O)[C@H]4CCC(=O)C4)C(C)(C)C)cc3)c([C@@]3(N)CCOC3)c2n1. The molecule has 9 nitrogen and oxygen atoms in total. The summed E-state index contributed by atoms with van der Waals surface area (Å²) in [5, 5.41) is 3.51. The first-order valence-electron chi connectivity index (χ1n) is 13.9. The lowest BCUT2D eigenvalue weighted by Gasteiger charge is -2.39. The predicted molar refractivity (Wildman–Crippen MR) is 154 cm³/mol. The van der Waals surface area contributed by atoms with Crippen LogP contribution in [0.2, 0.25) is 0 Å². The van der Waals surface area contributed by atoms with Crippen molar-refractivity contribution in [2.45, 2.75) is 58.0 Å². The molecule has 212 valence electrons. The summed E-state index contributed by atoms with van der Waals surface area (Å²) >= 11 is 0. The average Bonchev–Trinajstić information content (AvgIpc) is 3.56. The molecule has 2 fully saturated rings. The lowest BCUT2D eigenvalue weighted by Crippen LogP contribution is -2.41. The number of carbonyl (C=O) groups is 2. The Labute approximate surface area is 235 Å². The summed E-state index contributed by atoms with van der Waals surface area (Å²) in [6.07, 6.45) is 3.94. The molecular formula is C31H39N5O4. The molecule has 0 spiro atoms. The van der Waals surface area contributed by atoms with Crippen LogP contribution in [0.1, 0.15) is 63.6 Å². The van der Waals surface area contributed by atoms with Crippen molar-refractivity contribution in [1.29, 1.82) is 0 Å². The van der Waals surface area contributed by atoms with Gasteiger partial charge in [-0.05, 0) is 42.0 Å². The Hall–Kier alpha value is -3.56. The van der Waals surface area contributed by atoms with Crippen LogP contribution in [-0.2, 0) is 19.9 Å². The maximum absolute atomic E-state index is 13.3. The first-order valence-corrected chi connectivity index (χ1v) is 13.9. The number of ketones is 1. The number of pyridine rings is 2. The van der Waals surface area contributed by atoms with Gasteiger partial charge in [0.1, 0.15) is 5.78 Å². The molecule has 3 N–H and O–H groups in total. The quantitative estimate of drug-likeness (QED) is 0.432. The summed E-state index contributed by atoms with van der Waals surface area (Å²) in [5.74, 6) is 0.481. The zero-order chi connectivity index (χ0) is 28.7. The Morgan fingerprint density at radius 2 is 1.98 bits per heavy atom. The maximum atomic E-state index is 13.3. The molecule has 3 atom stereocenters. The van der Waals surface area contributed by atoms with Crippen LogP contribution in [0.5, 0.6) is 5.88 Å². The zero-order valence-corrected chi connectivity index (χ0v) is 24.0. The Morgan fingerprint density at radius 3 is 2.58 bits per heavy atom. The highest BCUT2D eigenvalue weighted by atomic mass is 16.5. The number of fused-ring (bicyclic) bond motifs is 1. The second kappa shape index (κ2) is 10.8. The van der Waals surface area contributed by atoms with Gasteiger partial charge in [-0.3, -0.25) is 14.6 Å². The van der Waals surface area contributed by atoms with Crippen LogP contribution < -0.4 is 15.8 Å². The Bertz CT molecular complexity index is 1410. The van der Waals surface area contributed by atoms with Crippen LogP contribution >= 0.6 is 0 Å². The first-order chi connectivity index (χ1) is 19.0. The number of Topliss-reactive ketones (excluding diaryl/α,β-unsaturated/α-hetero) is 1. The molecule has 1 saturated carbocycles. The van der Waals surface area contributed by atoms with E-state index in [4.69, 9.17) is 20.2 Å². The van der Waals surface area contributed by atoms with Crippen LogP contribution in [-0.4, -0.2) is 53.9 Å². The van der Waals surface area contributed by atoms with Crippen molar-refractivity contribution in [3.63, 3.8) is 0 Å². The van der Waals surface area contributed by atoms with Gasteiger partial charge in [0.05, 0.1) is 48.2 Å². The van der Waals surface area contributed by atoms with E-state index in [2.05, 4.69) is 31.1 Å². The fraction of sp³-hybridized carbons (Fsp3) is 0.484. The lowest BCUT2D eigenvalue weighted by molar-refractivity contribution is -0.139. The first kappa shape index (κ1) is 28.0. The number of anilines is 2. The number of hydrogen-bond acceptors (Lipinski definition) is 8. The lowest BCUT2D eigenvalue weighted by atomic mass is 9.81. The van der Waals surface area contributed by atoms with E-state index in [9.17, 15) is 9.59 Å². The molecule has 9 heteroatoms. The number of amides is 1. The highest BCUT2D eigenvalue weighted by Crippen LogP contribution is 2.41. The molecule has 1 aliphatic heterocycles. The van der Waals surface area contributed by atoms with Gasteiger partial charge in [0, 0.05) is 49.7 Å². The van der Waals surface area contributed by atoms with Gasteiger partial charge in [-0.2, -0.15) is 0 Å². The molecule has 1 aliphatic carbocycles. The summed E-state index contributed by atoms with van der Waals surface area (Å²) in [6.45, 7) is 7.36. The van der Waals surface area contributed by atoms with Crippen LogP contribution in [0, 0.1) is 11.3 Å². The second-order valence-electron chi connectivity index (χ2n) is 12.2. The van der Waals surface area contributed by atoms with Crippen LogP contribution in [0.25, 0.3) is 11.0 Å². The highest BCUT2D eigenvalue weighted by Gasteiger charge is 2.39. The smallest absolute Gasteiger partial charge is 0.226 e. The van der Waals surface area contributed by atoms with Crippen LogP contribution in [0.4, 0.5) is 11.4 Å². The summed E-state index contributed by atoms with van der Waals surface area (Å²) in [7, 11) is 3.44. The van der Waals surface area contributed by atoms with Gasteiger partial charge in [-0.25, -0.2) is 4.98 Å². The average molecular weight is 546 g/mol. The normalized spacial score (nSPS) is 21.9. The Kier molecular flexibility index (Phi) is 7.54. The monoisotopic (exact) mass is 545 g/mol. The fourth-order valence-electron chi connectivity index (χ4n) is 6.19. The van der Waals surface area contributed by atoms with Crippen molar-refractivity contribution >= 4 is 34.1 Å². The number of nitrogens with zero attached hydrogens (tertiary/aromatic N) is 3. The van der Waals surface area contributed by atoms with E-state index >= 15 is 0 Å². The summed E-state index contributed by atoms with van der Waals surface area (Å²) in [5.41, 5.74) is 10.9. The van der Waals surface area contributed by atoms with Gasteiger partial charge in [0.15, 0.2) is 0 Å². The molecule has 0 unspecified atom stereocenters. The number of hydrogen-bond donors (Lipinski definition) is 2. The van der Waals surface area contributed by atoms with E-state index in [1.165, 1.54) is 0 Å². The number of benzene rings is 1. The molecule has 1 aromatic carbocycles. The van der Waals surface area contributed by atoms with Gasteiger partial charge in [-0.15, -0.1) is 0 Å². The van der Waals surface area contributed by atoms with Gasteiger partial charge in [0.2, 0.25) is 11.8 Å². The van der Waals surface area contributed by atoms with E-state index in [-0.39, 0.29) is 29.1 Å². The molecule has 0 radical (unpaired) electrons. The largest absolute Gasteiger partial charge is 0.481 e. The zero-order valence-electron chi connectivity index (χ0n) is 24.0. The van der Waals surface area contributed by atoms with Crippen molar-refractivity contribution in [3.8, 4) is 5.88 Å². The Balaban J connectivity index is 1.46. The standard InChI is InChI=1S/C31H39N5O4/c1-30(2,3)28(36(4)29(38)20-8-11-22(37)16-20)19-6-9-21(10-7-19)34-24-17-33-23-12-13-25(39-5)35-27(23)26(24)31(32)14-15-40-18-31/h6-7,9-10,12-13,17,20,28,34H,8,11,14-16,18,32H2,1-5H3/t20-,28-,31+/m0/s1. The molecule has 1 amide bonds. The fourth-order valence-corrected chi connectivity index (χ4v) is 6.19. The van der Waals surface area contributed by atoms with Gasteiger partial charge >= 0.3 is 0 Å². The molecule has 2 aliphatic rings. The van der Waals surface area contributed by atoms with Gasteiger partial charge < -0.3 is 25.4 Å². The van der Waals surface area contributed by atoms with Crippen molar-refractivity contribution < 1.29 is 19.1 Å². The van der Waals surface area contributed by atoms with Crippen molar-refractivity contribution in [3.05, 3.63) is 53.7 Å². The number of ether oxygens (including phenoxy) is 2. The number of nitrogens with two attached hydrogens (primary N) is 1. The minimum atomic E-state index is -0.717. The third kappa shape index (κ3) is 5.40. The number of aromatic nitrogens is 2. The summed E-state index contributed by atoms with van der Waals surface area (Å²) in [4.78, 5) is 36.3. The van der Waals surface area contributed by atoms with Gasteiger partial charge in [0.25, 0.3) is 0 Å².